The van der Waals surface area contributed by atoms with Gasteiger partial charge in [0.1, 0.15) is 5.75 Å². The molecule has 5 nitrogen and oxygen atoms in total. The normalized spacial score (nSPS) is 10.6. The van der Waals surface area contributed by atoms with E-state index < -0.39 is 11.9 Å². The minimum atomic E-state index is -1.05. The van der Waals surface area contributed by atoms with Crippen molar-refractivity contribution in [1.29, 1.82) is 0 Å². The predicted octanol–water partition coefficient (Wildman–Crippen LogP) is 6.36. The van der Waals surface area contributed by atoms with E-state index in [0.29, 0.717) is 29.0 Å². The highest BCUT2D eigenvalue weighted by atomic mass is 16.5. The number of carbonyl (C=O) groups is 2. The summed E-state index contributed by atoms with van der Waals surface area (Å²) in [5.41, 5.74) is 1.43. The lowest BCUT2D eigenvalue weighted by Gasteiger charge is -2.14. The van der Waals surface area contributed by atoms with Gasteiger partial charge in [0, 0.05) is 5.56 Å². The van der Waals surface area contributed by atoms with E-state index in [-0.39, 0.29) is 12.2 Å². The molecule has 0 aromatic heterocycles. The number of rotatable bonds is 13. The van der Waals surface area contributed by atoms with Gasteiger partial charge in [0.2, 0.25) is 0 Å². The van der Waals surface area contributed by atoms with Gasteiger partial charge in [-0.15, -0.1) is 0 Å². The first-order chi connectivity index (χ1) is 14.6. The van der Waals surface area contributed by atoms with Gasteiger partial charge in [-0.05, 0) is 43.2 Å². The van der Waals surface area contributed by atoms with Crippen LogP contribution in [-0.4, -0.2) is 30.3 Å². The highest BCUT2D eigenvalue weighted by Crippen LogP contribution is 2.31. The van der Waals surface area contributed by atoms with E-state index in [0.717, 1.165) is 12.8 Å². The van der Waals surface area contributed by atoms with Crippen molar-refractivity contribution < 1.29 is 24.2 Å². The summed E-state index contributed by atoms with van der Waals surface area (Å²) >= 11 is 0. The highest BCUT2D eigenvalue weighted by Gasteiger charge is 2.19. The number of esters is 1. The number of benzene rings is 2. The van der Waals surface area contributed by atoms with Crippen molar-refractivity contribution in [2.75, 3.05) is 13.2 Å². The topological polar surface area (TPSA) is 72.8 Å². The van der Waals surface area contributed by atoms with Crippen LogP contribution in [0.4, 0.5) is 0 Å². The molecule has 2 aromatic carbocycles. The first-order valence-electron chi connectivity index (χ1n) is 10.8. The van der Waals surface area contributed by atoms with Gasteiger partial charge in [0.15, 0.2) is 0 Å². The zero-order chi connectivity index (χ0) is 21.8. The van der Waals surface area contributed by atoms with Gasteiger partial charge in [-0.1, -0.05) is 63.6 Å². The molecule has 0 bridgehead atoms. The van der Waals surface area contributed by atoms with Crippen LogP contribution in [0.3, 0.4) is 0 Å². The highest BCUT2D eigenvalue weighted by molar-refractivity contribution is 6.02. The van der Waals surface area contributed by atoms with Crippen LogP contribution in [0.5, 0.6) is 5.75 Å². The Morgan fingerprint density at radius 1 is 0.833 bits per heavy atom. The Balaban J connectivity index is 2.13. The number of carboxylic acid groups (broad SMARTS) is 1. The van der Waals surface area contributed by atoms with E-state index in [1.54, 1.807) is 43.3 Å². The van der Waals surface area contributed by atoms with Crippen molar-refractivity contribution in [3.8, 4) is 16.9 Å². The Bertz CT molecular complexity index is 828. The molecule has 5 heteroatoms. The zero-order valence-corrected chi connectivity index (χ0v) is 18.0. The lowest BCUT2D eigenvalue weighted by molar-refractivity contribution is 0.0526. The van der Waals surface area contributed by atoms with Gasteiger partial charge in [0.05, 0.1) is 24.3 Å². The lowest BCUT2D eigenvalue weighted by atomic mass is 9.95. The third kappa shape index (κ3) is 6.90. The summed E-state index contributed by atoms with van der Waals surface area (Å²) in [6, 6.07) is 11.8. The van der Waals surface area contributed by atoms with E-state index in [9.17, 15) is 14.7 Å². The summed E-state index contributed by atoms with van der Waals surface area (Å²) in [5, 5.41) is 9.63. The van der Waals surface area contributed by atoms with Gasteiger partial charge >= 0.3 is 11.9 Å². The minimum absolute atomic E-state index is 0.120. The van der Waals surface area contributed by atoms with Gasteiger partial charge in [0.25, 0.3) is 0 Å². The van der Waals surface area contributed by atoms with Crippen LogP contribution in [0.25, 0.3) is 11.1 Å². The first-order valence-corrected chi connectivity index (χ1v) is 10.8. The van der Waals surface area contributed by atoms with E-state index in [4.69, 9.17) is 9.47 Å². The number of unbranched alkanes of at least 4 members (excludes halogenated alkanes) is 6. The van der Waals surface area contributed by atoms with Crippen molar-refractivity contribution in [2.45, 2.75) is 58.8 Å². The standard InChI is InChI=1S/C25H32O5/c1-3-5-6-7-8-9-12-17-30-19-15-16-21(24(26)27)23(18-19)20-13-10-11-14-22(20)25(28)29-4-2/h10-11,13-16,18H,3-9,12,17H2,1-2H3,(H,26,27). The number of carboxylic acids is 1. The maximum Gasteiger partial charge on any atom is 0.338 e. The fraction of sp³-hybridized carbons (Fsp3) is 0.440. The smallest absolute Gasteiger partial charge is 0.338 e. The second-order valence-corrected chi connectivity index (χ2v) is 7.25. The zero-order valence-electron chi connectivity index (χ0n) is 18.0. The second kappa shape index (κ2) is 12.7. The average molecular weight is 413 g/mol. The van der Waals surface area contributed by atoms with Crippen molar-refractivity contribution in [3.05, 3.63) is 53.6 Å². The van der Waals surface area contributed by atoms with Crippen LogP contribution in [0.15, 0.2) is 42.5 Å². The van der Waals surface area contributed by atoms with Gasteiger partial charge < -0.3 is 14.6 Å². The fourth-order valence-corrected chi connectivity index (χ4v) is 3.38. The molecule has 2 rings (SSSR count). The summed E-state index contributed by atoms with van der Waals surface area (Å²) in [6.07, 6.45) is 8.38. The van der Waals surface area contributed by atoms with Gasteiger partial charge in [-0.25, -0.2) is 9.59 Å². The molecule has 0 fully saturated rings. The van der Waals surface area contributed by atoms with E-state index in [1.807, 2.05) is 0 Å². The molecule has 0 spiro atoms. The Hall–Kier alpha value is -2.82. The summed E-state index contributed by atoms with van der Waals surface area (Å²) in [4.78, 5) is 24.1. The minimum Gasteiger partial charge on any atom is -0.494 e. The molecule has 0 unspecified atom stereocenters. The Morgan fingerprint density at radius 2 is 1.53 bits per heavy atom. The van der Waals surface area contributed by atoms with Crippen LogP contribution in [-0.2, 0) is 4.74 Å². The molecule has 0 radical (unpaired) electrons. The van der Waals surface area contributed by atoms with E-state index in [1.165, 1.54) is 38.2 Å². The third-order valence-electron chi connectivity index (χ3n) is 4.95. The third-order valence-corrected chi connectivity index (χ3v) is 4.95. The maximum absolute atomic E-state index is 12.3. The Labute approximate surface area is 179 Å². The van der Waals surface area contributed by atoms with Gasteiger partial charge in [-0.3, -0.25) is 0 Å². The number of ether oxygens (including phenoxy) is 2. The lowest BCUT2D eigenvalue weighted by Crippen LogP contribution is -2.08. The SMILES string of the molecule is CCCCCCCCCOc1ccc(C(=O)O)c(-c2ccccc2C(=O)OCC)c1. The molecule has 0 atom stereocenters. The molecule has 0 aliphatic rings. The van der Waals surface area contributed by atoms with Gasteiger partial charge in [-0.2, -0.15) is 0 Å². The molecule has 0 amide bonds. The number of aromatic carboxylic acids is 1. The molecule has 162 valence electrons. The van der Waals surface area contributed by atoms with Crippen molar-refractivity contribution in [3.63, 3.8) is 0 Å². The molecule has 0 aliphatic heterocycles. The Morgan fingerprint density at radius 3 is 2.23 bits per heavy atom. The van der Waals surface area contributed by atoms with Crippen LogP contribution < -0.4 is 4.74 Å². The van der Waals surface area contributed by atoms with E-state index in [2.05, 4.69) is 6.92 Å². The van der Waals surface area contributed by atoms with Crippen LogP contribution >= 0.6 is 0 Å². The van der Waals surface area contributed by atoms with Crippen LogP contribution in [0.2, 0.25) is 0 Å². The molecule has 0 aliphatic carbocycles. The summed E-state index contributed by atoms with van der Waals surface area (Å²) < 4.78 is 11.0. The number of carbonyl (C=O) groups excluding carboxylic acids is 1. The Kier molecular flexibility index (Phi) is 9.92. The molecular weight excluding hydrogens is 380 g/mol. The quantitative estimate of drug-likeness (QED) is 0.306. The number of hydrogen-bond donors (Lipinski definition) is 1. The molecular formula is C25H32O5. The van der Waals surface area contributed by atoms with Crippen molar-refractivity contribution in [2.24, 2.45) is 0 Å². The summed E-state index contributed by atoms with van der Waals surface area (Å²) in [5.74, 6) is -0.930. The predicted molar refractivity (Wildman–Crippen MR) is 118 cm³/mol. The monoisotopic (exact) mass is 412 g/mol. The molecule has 0 saturated heterocycles. The summed E-state index contributed by atoms with van der Waals surface area (Å²) in [7, 11) is 0. The van der Waals surface area contributed by atoms with E-state index >= 15 is 0 Å². The van der Waals surface area contributed by atoms with Crippen LogP contribution in [0.1, 0.15) is 79.5 Å². The number of hydrogen-bond acceptors (Lipinski definition) is 4. The fourth-order valence-electron chi connectivity index (χ4n) is 3.38. The van der Waals surface area contributed by atoms with Crippen molar-refractivity contribution >= 4 is 11.9 Å². The summed E-state index contributed by atoms with van der Waals surface area (Å²) in [6.45, 7) is 4.78. The average Bonchev–Trinajstić information content (AvgIpc) is 2.75. The molecule has 2 aromatic rings. The second-order valence-electron chi connectivity index (χ2n) is 7.25. The van der Waals surface area contributed by atoms with Crippen molar-refractivity contribution in [1.82, 2.24) is 0 Å². The largest absolute Gasteiger partial charge is 0.494 e. The first kappa shape index (κ1) is 23.5. The molecule has 0 heterocycles. The molecule has 0 saturated carbocycles. The molecule has 30 heavy (non-hydrogen) atoms. The van der Waals surface area contributed by atoms with Crippen LogP contribution in [0, 0.1) is 0 Å². The molecule has 1 N–H and O–H groups in total. The maximum atomic E-state index is 12.3.